The van der Waals surface area contributed by atoms with E-state index in [0.717, 1.165) is 160 Å². The average molecular weight is 1620 g/mol. The number of carbonyl (C=O) groups excluding carboxylic acids is 4. The van der Waals surface area contributed by atoms with Gasteiger partial charge in [-0.25, -0.2) is 39.3 Å². The summed E-state index contributed by atoms with van der Waals surface area (Å²) in [5, 5.41) is 32.3. The minimum Gasteiger partial charge on any atom is -0.472 e. The molecular weight excluding hydrogens is 1520 g/mol. The van der Waals surface area contributed by atoms with Gasteiger partial charge in [-0.2, -0.15) is 35.4 Å². The van der Waals surface area contributed by atoms with Crippen molar-refractivity contribution in [1.29, 1.82) is 0 Å². The number of anilines is 2. The van der Waals surface area contributed by atoms with Crippen molar-refractivity contribution in [2.24, 2.45) is 29.6 Å². The minimum atomic E-state index is -0.509. The number of fused-ring (bicyclic) bond motifs is 12. The number of ether oxygens (including phenoxy) is 1. The Kier molecular flexibility index (Phi) is 23.3. The standard InChI is InChI=1S/C24H23FN4O2.C22H25N7O.C21H24N8O.C21H23N7O/c1-15-6-9-22(26-11-15)31-21-10-16-7-8-20(21)29(14-16)24(30)19-5-3-2-4-18(19)23-27-12-17(25)13-28-23;1-14-3-5-20(29-25-7-8-26-29)21(27-14)22(30)28-13-16-4-6-19(28)17(9-16)10-18-12-23-15(2)11-24-18;1-13-3-5-18(29-24-7-8-25-29)20(26-13)21(30)28-12-15-4-6-17(28)16(9-15)27-19-11-22-14(2)10-23-19;1-14-11-23-20(12-22-14)26-17-10-15-6-7-19(17)27(13-15)21(29)16-4-2-3-5-18(16)28-24-8-9-25-28/h2-6,9,11-13,16,20-21H,7-8,10,14H2,1H3;3,5,7-8,11-12,16-17,19H,4,6,9-10,13H2,1-2H3;3,5,7-8,10-11,15-17H,4,6,9,12H2,1-2H3,(H,23,27);2-5,8-9,11-12,15,17,19H,6-7,10,13H2,1H3,(H,23,26). The van der Waals surface area contributed by atoms with Crippen molar-refractivity contribution in [3.05, 3.63) is 246 Å². The molecule has 4 aliphatic carbocycles. The van der Waals surface area contributed by atoms with E-state index >= 15 is 0 Å². The molecule has 32 heteroatoms. The van der Waals surface area contributed by atoms with Crippen LogP contribution in [0.4, 0.5) is 16.0 Å². The van der Waals surface area contributed by atoms with E-state index in [2.05, 4.69) is 96.0 Å². The molecule has 12 fully saturated rings. The Morgan fingerprint density at radius 2 is 0.858 bits per heavy atom. The van der Waals surface area contributed by atoms with Crippen LogP contribution in [0.2, 0.25) is 0 Å². The molecule has 0 spiro atoms. The number of piperidine rings is 8. The molecule has 0 radical (unpaired) electrons. The Balaban J connectivity index is 0.000000114. The van der Waals surface area contributed by atoms with Gasteiger partial charge in [0.15, 0.2) is 23.0 Å². The van der Waals surface area contributed by atoms with Crippen molar-refractivity contribution in [1.82, 2.24) is 119 Å². The van der Waals surface area contributed by atoms with Crippen LogP contribution in [-0.2, 0) is 6.42 Å². The molecule has 12 unspecified atom stereocenters. The molecule has 120 heavy (non-hydrogen) atoms. The van der Waals surface area contributed by atoms with E-state index in [-0.39, 0.29) is 66.0 Å². The van der Waals surface area contributed by atoms with Crippen molar-refractivity contribution in [2.45, 2.75) is 167 Å². The molecule has 24 rings (SSSR count). The maximum absolute atomic E-state index is 13.7. The molecule has 12 atom stereocenters. The van der Waals surface area contributed by atoms with E-state index in [0.29, 0.717) is 93.0 Å². The number of aromatic nitrogens is 20. The van der Waals surface area contributed by atoms with E-state index in [4.69, 9.17) is 4.74 Å². The van der Waals surface area contributed by atoms with Crippen molar-refractivity contribution in [2.75, 3.05) is 36.8 Å². The van der Waals surface area contributed by atoms with Gasteiger partial charge in [-0.3, -0.25) is 39.1 Å². The normalized spacial score (nSPS) is 22.9. The number of benzene rings is 2. The Labute approximate surface area is 693 Å². The Bertz CT molecular complexity index is 5390. The molecule has 8 bridgehead atoms. The van der Waals surface area contributed by atoms with Crippen LogP contribution in [0, 0.1) is 76.9 Å². The van der Waals surface area contributed by atoms with Gasteiger partial charge in [0, 0.05) is 85.9 Å². The summed E-state index contributed by atoms with van der Waals surface area (Å²) in [5.41, 5.74) is 10.9. The number of hydrogen-bond acceptors (Lipinski definition) is 24. The van der Waals surface area contributed by atoms with Crippen LogP contribution in [-0.4, -0.2) is 212 Å². The Morgan fingerprint density at radius 3 is 1.36 bits per heavy atom. The predicted octanol–water partition coefficient (Wildman–Crippen LogP) is 11.3. The zero-order valence-corrected chi connectivity index (χ0v) is 67.8. The molecule has 4 amide bonds. The smallest absolute Gasteiger partial charge is 0.275 e. The molecular formula is C88H95FN26O5. The van der Waals surface area contributed by atoms with Gasteiger partial charge < -0.3 is 35.0 Å². The van der Waals surface area contributed by atoms with E-state index < -0.39 is 5.82 Å². The van der Waals surface area contributed by atoms with Crippen LogP contribution in [0.15, 0.2) is 178 Å². The number of pyridine rings is 3. The third-order valence-corrected chi connectivity index (χ3v) is 24.4. The number of halogens is 1. The maximum Gasteiger partial charge on any atom is 0.275 e. The molecule has 12 aliphatic rings. The summed E-state index contributed by atoms with van der Waals surface area (Å²) in [6, 6.07) is 26.8. The first-order valence-electron chi connectivity index (χ1n) is 41.4. The fourth-order valence-corrected chi connectivity index (χ4v) is 18.7. The first kappa shape index (κ1) is 79.3. The highest BCUT2D eigenvalue weighted by atomic mass is 19.1. The summed E-state index contributed by atoms with van der Waals surface area (Å²) in [6.07, 6.45) is 37.8. The van der Waals surface area contributed by atoms with Crippen LogP contribution in [0.25, 0.3) is 28.5 Å². The number of nitrogens with one attached hydrogen (secondary N) is 2. The lowest BCUT2D eigenvalue weighted by Crippen LogP contribution is -2.60. The summed E-state index contributed by atoms with van der Waals surface area (Å²) >= 11 is 0. The highest BCUT2D eigenvalue weighted by Gasteiger charge is 2.49. The second-order valence-electron chi connectivity index (χ2n) is 32.7. The lowest BCUT2D eigenvalue weighted by Gasteiger charge is -2.50. The number of para-hydroxylation sites is 1. The van der Waals surface area contributed by atoms with Crippen LogP contribution in [0.5, 0.6) is 5.88 Å². The maximum atomic E-state index is 13.7. The third kappa shape index (κ3) is 17.5. The van der Waals surface area contributed by atoms with Gasteiger partial charge >= 0.3 is 0 Å². The van der Waals surface area contributed by atoms with E-state index in [1.807, 2.05) is 146 Å². The number of nitrogens with zero attached hydrogens (tertiary/aromatic N) is 24. The number of hydrogen-bond donors (Lipinski definition) is 2. The van der Waals surface area contributed by atoms with E-state index in [1.165, 1.54) is 20.8 Å². The summed E-state index contributed by atoms with van der Waals surface area (Å²) in [7, 11) is 0. The van der Waals surface area contributed by atoms with Gasteiger partial charge in [-0.1, -0.05) is 36.4 Å². The quantitative estimate of drug-likeness (QED) is 0.0907. The van der Waals surface area contributed by atoms with Crippen molar-refractivity contribution in [3.8, 4) is 34.3 Å². The average Bonchev–Trinajstić information content (AvgIpc) is 0.984. The van der Waals surface area contributed by atoms with Gasteiger partial charge in [0.2, 0.25) is 5.88 Å². The molecule has 8 saturated heterocycles. The fraction of sp³-hybridized carbons (Fsp3) is 0.398. The third-order valence-electron chi connectivity index (χ3n) is 24.4. The summed E-state index contributed by atoms with van der Waals surface area (Å²) in [6.45, 7) is 14.6. The number of rotatable bonds is 16. The molecule has 4 saturated carbocycles. The van der Waals surface area contributed by atoms with Gasteiger partial charge in [-0.05, 0) is 203 Å². The first-order valence-corrected chi connectivity index (χ1v) is 41.4. The molecule has 10 aromatic heterocycles. The van der Waals surface area contributed by atoms with Gasteiger partial charge in [-0.15, -0.1) is 9.59 Å². The van der Waals surface area contributed by atoms with Crippen LogP contribution < -0.4 is 15.4 Å². The van der Waals surface area contributed by atoms with Crippen molar-refractivity contribution < 1.29 is 28.3 Å². The topological polar surface area (TPSA) is 348 Å². The molecule has 2 aromatic carbocycles. The van der Waals surface area contributed by atoms with E-state index in [9.17, 15) is 23.6 Å². The van der Waals surface area contributed by atoms with Crippen LogP contribution in [0.3, 0.4) is 0 Å². The lowest BCUT2D eigenvalue weighted by molar-refractivity contribution is -0.0313. The molecule has 31 nitrogen and oxygen atoms in total. The van der Waals surface area contributed by atoms with Crippen LogP contribution >= 0.6 is 0 Å². The second-order valence-corrected chi connectivity index (χ2v) is 32.7. The van der Waals surface area contributed by atoms with Gasteiger partial charge in [0.1, 0.15) is 29.1 Å². The lowest BCUT2D eigenvalue weighted by atomic mass is 9.71. The van der Waals surface area contributed by atoms with Crippen molar-refractivity contribution >= 4 is 35.3 Å². The predicted molar refractivity (Wildman–Crippen MR) is 441 cm³/mol. The summed E-state index contributed by atoms with van der Waals surface area (Å²) in [5.74, 6) is 4.10. The SMILES string of the molecule is Cc1ccc(OC2CC3CCC2N(C(=O)c2ccccc2-c2ncc(F)cn2)C3)nc1.Cc1cnc(CC2CC3CCC2N(C(=O)c2nc(C)ccc2-n2nccn2)C3)cn1.Cc1cnc(NC2CC3CCC2N(C(=O)c2ccccc2-n2nccn2)C3)cn1.Cc1cnc(NC2CC3CCC2N(C(=O)c2nc(C)ccc2-n2nccn2)C3)cn1. The summed E-state index contributed by atoms with van der Waals surface area (Å²) < 4.78 is 19.5. The number of amides is 4. The Morgan fingerprint density at radius 1 is 0.400 bits per heavy atom. The van der Waals surface area contributed by atoms with Crippen LogP contribution in [0.1, 0.15) is 158 Å². The second kappa shape index (κ2) is 35.2. The fourth-order valence-electron chi connectivity index (χ4n) is 18.7. The largest absolute Gasteiger partial charge is 0.472 e. The Hall–Kier alpha value is -13.2. The van der Waals surface area contributed by atoms with Crippen molar-refractivity contribution in [3.63, 3.8) is 0 Å². The highest BCUT2D eigenvalue weighted by molar-refractivity contribution is 6.01. The van der Waals surface area contributed by atoms with Gasteiger partial charge in [0.25, 0.3) is 23.6 Å². The molecule has 2 N–H and O–H groups in total. The molecule has 8 aliphatic heterocycles. The number of aryl methyl sites for hydroxylation is 6. The molecule has 614 valence electrons. The zero-order chi connectivity index (χ0) is 82.5. The minimum absolute atomic E-state index is 0.0113. The zero-order valence-electron chi connectivity index (χ0n) is 67.8. The first-order chi connectivity index (χ1) is 58.4. The number of carbonyl (C=O) groups is 4. The molecule has 12 aromatic rings. The highest BCUT2D eigenvalue weighted by Crippen LogP contribution is 2.44. The molecule has 18 heterocycles. The van der Waals surface area contributed by atoms with E-state index in [1.54, 1.807) is 80.3 Å². The summed E-state index contributed by atoms with van der Waals surface area (Å²) in [4.78, 5) is 115. The van der Waals surface area contributed by atoms with Gasteiger partial charge in [0.05, 0.1) is 132 Å². The monoisotopic (exact) mass is 1610 g/mol.